The minimum Gasteiger partial charge on any atom is -0.466 e. The highest BCUT2D eigenvalue weighted by atomic mass is 32.2. The first kappa shape index (κ1) is 21.4. The zero-order valence-electron chi connectivity index (χ0n) is 16.5. The molecule has 0 aromatic heterocycles. The van der Waals surface area contributed by atoms with Crippen molar-refractivity contribution < 1.29 is 27.9 Å². The Labute approximate surface area is 185 Å². The minimum atomic E-state index is -1.02. The highest BCUT2D eigenvalue weighted by molar-refractivity contribution is 8.19. The van der Waals surface area contributed by atoms with Gasteiger partial charge in [0.2, 0.25) is 0 Å². The fourth-order valence-electron chi connectivity index (χ4n) is 3.17. The number of thioether (sulfide) groups is 1. The SMILES string of the molecule is COC(=O)/C=C1\SC(=NC(=O)c2cccc3ccccc23)N(c2c(F)cccc2F)C1=O. The van der Waals surface area contributed by atoms with Crippen LogP contribution in [0.5, 0.6) is 0 Å². The van der Waals surface area contributed by atoms with Crippen LogP contribution in [0.4, 0.5) is 14.5 Å². The summed E-state index contributed by atoms with van der Waals surface area (Å²) in [5, 5.41) is 1.15. The van der Waals surface area contributed by atoms with Crippen LogP contribution in [0.15, 0.2) is 76.6 Å². The van der Waals surface area contributed by atoms with Gasteiger partial charge in [0, 0.05) is 11.6 Å². The van der Waals surface area contributed by atoms with Crippen molar-refractivity contribution in [3.63, 3.8) is 0 Å². The first-order valence-corrected chi connectivity index (χ1v) is 10.1. The Bertz CT molecular complexity index is 1310. The lowest BCUT2D eigenvalue weighted by atomic mass is 10.0. The Morgan fingerprint density at radius 2 is 1.66 bits per heavy atom. The molecule has 0 radical (unpaired) electrons. The molecule has 0 unspecified atom stereocenters. The molecule has 4 rings (SSSR count). The molecule has 32 heavy (non-hydrogen) atoms. The van der Waals surface area contributed by atoms with E-state index in [1.54, 1.807) is 24.3 Å². The van der Waals surface area contributed by atoms with Crippen LogP contribution in [0.3, 0.4) is 0 Å². The summed E-state index contributed by atoms with van der Waals surface area (Å²) < 4.78 is 33.5. The van der Waals surface area contributed by atoms with Gasteiger partial charge in [-0.25, -0.2) is 18.5 Å². The van der Waals surface area contributed by atoms with Crippen molar-refractivity contribution in [2.24, 2.45) is 4.99 Å². The number of amidine groups is 1. The Hall–Kier alpha value is -3.85. The number of rotatable bonds is 3. The first-order chi connectivity index (χ1) is 15.4. The summed E-state index contributed by atoms with van der Waals surface area (Å²) in [6.07, 6.45) is 0.879. The summed E-state index contributed by atoms with van der Waals surface area (Å²) in [7, 11) is 1.12. The van der Waals surface area contributed by atoms with Crippen molar-refractivity contribution in [3.05, 3.63) is 88.8 Å². The van der Waals surface area contributed by atoms with Crippen LogP contribution >= 0.6 is 11.8 Å². The third-order valence-electron chi connectivity index (χ3n) is 4.63. The molecule has 1 saturated heterocycles. The molecule has 0 bridgehead atoms. The smallest absolute Gasteiger partial charge is 0.331 e. The predicted molar refractivity (Wildman–Crippen MR) is 117 cm³/mol. The van der Waals surface area contributed by atoms with Crippen LogP contribution < -0.4 is 4.90 Å². The van der Waals surface area contributed by atoms with E-state index in [0.29, 0.717) is 22.0 Å². The van der Waals surface area contributed by atoms with Gasteiger partial charge in [-0.05, 0) is 40.7 Å². The lowest BCUT2D eigenvalue weighted by Gasteiger charge is -2.17. The van der Waals surface area contributed by atoms with E-state index in [1.807, 2.05) is 18.2 Å². The third-order valence-corrected chi connectivity index (χ3v) is 5.60. The van der Waals surface area contributed by atoms with Gasteiger partial charge in [0.15, 0.2) is 5.17 Å². The highest BCUT2D eigenvalue weighted by Gasteiger charge is 2.39. The molecule has 9 heteroatoms. The average Bonchev–Trinajstić information content (AvgIpc) is 3.07. The molecular weight excluding hydrogens is 438 g/mol. The number of carbonyl (C=O) groups excluding carboxylic acids is 3. The maximum absolute atomic E-state index is 14.5. The topological polar surface area (TPSA) is 76.0 Å². The Kier molecular flexibility index (Phi) is 5.83. The summed E-state index contributed by atoms with van der Waals surface area (Å²) in [5.41, 5.74) is -0.439. The number of aliphatic imine (C=N–C) groups is 1. The molecule has 3 aromatic rings. The van der Waals surface area contributed by atoms with Crippen molar-refractivity contribution in [1.82, 2.24) is 0 Å². The minimum absolute atomic E-state index is 0.191. The maximum Gasteiger partial charge on any atom is 0.331 e. The molecule has 0 spiro atoms. The van der Waals surface area contributed by atoms with Gasteiger partial charge in [-0.1, -0.05) is 42.5 Å². The van der Waals surface area contributed by atoms with E-state index in [4.69, 9.17) is 0 Å². The molecule has 1 aliphatic heterocycles. The van der Waals surface area contributed by atoms with Gasteiger partial charge in [0.1, 0.15) is 17.3 Å². The number of fused-ring (bicyclic) bond motifs is 1. The molecule has 1 heterocycles. The summed E-state index contributed by atoms with van der Waals surface area (Å²) in [4.78, 5) is 42.0. The number of carbonyl (C=O) groups is 3. The quantitative estimate of drug-likeness (QED) is 0.434. The van der Waals surface area contributed by atoms with Gasteiger partial charge in [-0.15, -0.1) is 0 Å². The fraction of sp³-hybridized carbons (Fsp3) is 0.0435. The number of ether oxygens (including phenoxy) is 1. The molecule has 0 aliphatic carbocycles. The molecule has 2 amide bonds. The van der Waals surface area contributed by atoms with Gasteiger partial charge in [-0.2, -0.15) is 4.99 Å². The molecule has 6 nitrogen and oxygen atoms in total. The number of hydrogen-bond donors (Lipinski definition) is 0. The Morgan fingerprint density at radius 3 is 2.38 bits per heavy atom. The second-order valence-corrected chi connectivity index (χ2v) is 7.58. The molecule has 160 valence electrons. The van der Waals surface area contributed by atoms with Crippen LogP contribution in [-0.4, -0.2) is 30.1 Å². The Balaban J connectivity index is 1.84. The van der Waals surface area contributed by atoms with Crippen molar-refractivity contribution in [2.75, 3.05) is 12.0 Å². The second kappa shape index (κ2) is 8.72. The van der Waals surface area contributed by atoms with Gasteiger partial charge >= 0.3 is 5.97 Å². The first-order valence-electron chi connectivity index (χ1n) is 9.27. The van der Waals surface area contributed by atoms with Crippen LogP contribution in [0.25, 0.3) is 10.8 Å². The summed E-state index contributed by atoms with van der Waals surface area (Å²) in [6, 6.07) is 15.3. The molecule has 0 atom stereocenters. The predicted octanol–water partition coefficient (Wildman–Crippen LogP) is 4.45. The van der Waals surface area contributed by atoms with E-state index in [0.717, 1.165) is 36.8 Å². The van der Waals surface area contributed by atoms with Crippen LogP contribution in [-0.2, 0) is 14.3 Å². The van der Waals surface area contributed by atoms with Crippen molar-refractivity contribution in [2.45, 2.75) is 0 Å². The zero-order chi connectivity index (χ0) is 22.8. The number of methoxy groups -OCH3 is 1. The number of esters is 1. The summed E-state index contributed by atoms with van der Waals surface area (Å²) in [5.74, 6) is -4.50. The number of nitrogens with zero attached hydrogens (tertiary/aromatic N) is 2. The number of halogens is 2. The van der Waals surface area contributed by atoms with E-state index in [-0.39, 0.29) is 15.6 Å². The number of anilines is 1. The van der Waals surface area contributed by atoms with E-state index in [2.05, 4.69) is 9.73 Å². The van der Waals surface area contributed by atoms with Crippen molar-refractivity contribution >= 4 is 51.2 Å². The van der Waals surface area contributed by atoms with Gasteiger partial charge < -0.3 is 4.74 Å². The van der Waals surface area contributed by atoms with Crippen LogP contribution in [0, 0.1) is 11.6 Å². The lowest BCUT2D eigenvalue weighted by Crippen LogP contribution is -2.31. The van der Waals surface area contributed by atoms with E-state index < -0.39 is 35.1 Å². The largest absolute Gasteiger partial charge is 0.466 e. The number of para-hydroxylation sites is 1. The molecule has 0 N–H and O–H groups in total. The maximum atomic E-state index is 14.5. The normalized spacial score (nSPS) is 16.2. The average molecular weight is 452 g/mol. The highest BCUT2D eigenvalue weighted by Crippen LogP contribution is 2.37. The van der Waals surface area contributed by atoms with Gasteiger partial charge in [-0.3, -0.25) is 9.59 Å². The van der Waals surface area contributed by atoms with Crippen LogP contribution in [0.1, 0.15) is 10.4 Å². The molecule has 1 fully saturated rings. The van der Waals surface area contributed by atoms with E-state index in [1.165, 1.54) is 0 Å². The number of amides is 2. The van der Waals surface area contributed by atoms with Crippen molar-refractivity contribution in [1.29, 1.82) is 0 Å². The van der Waals surface area contributed by atoms with Crippen molar-refractivity contribution in [3.8, 4) is 0 Å². The number of benzene rings is 3. The van der Waals surface area contributed by atoms with Gasteiger partial charge in [0.25, 0.3) is 11.8 Å². The second-order valence-electron chi connectivity index (χ2n) is 6.57. The Morgan fingerprint density at radius 1 is 1.00 bits per heavy atom. The van der Waals surface area contributed by atoms with Gasteiger partial charge in [0.05, 0.1) is 12.0 Å². The summed E-state index contributed by atoms with van der Waals surface area (Å²) >= 11 is 0.644. The molecule has 3 aromatic carbocycles. The monoisotopic (exact) mass is 452 g/mol. The third kappa shape index (κ3) is 3.90. The number of hydrogen-bond acceptors (Lipinski definition) is 5. The standard InChI is InChI=1S/C23H14F2N2O4S/c1-31-19(28)12-18-22(30)27(20-16(24)10-5-11-17(20)25)23(32-18)26-21(29)15-9-4-7-13-6-2-3-8-14(13)15/h2-12H,1H3/b18-12-,26-23?. The molecule has 0 saturated carbocycles. The zero-order valence-corrected chi connectivity index (χ0v) is 17.4. The molecule has 1 aliphatic rings. The fourth-order valence-corrected chi connectivity index (χ4v) is 4.10. The lowest BCUT2D eigenvalue weighted by molar-refractivity contribution is -0.135. The summed E-state index contributed by atoms with van der Waals surface area (Å²) in [6.45, 7) is 0. The van der Waals surface area contributed by atoms with E-state index in [9.17, 15) is 23.2 Å². The van der Waals surface area contributed by atoms with Crippen LogP contribution in [0.2, 0.25) is 0 Å². The van der Waals surface area contributed by atoms with E-state index >= 15 is 0 Å². The molecular formula is C23H14F2N2O4S.